The highest BCUT2D eigenvalue weighted by Gasteiger charge is 2.42. The number of hydrogen-bond acceptors (Lipinski definition) is 2. The highest BCUT2D eigenvalue weighted by atomic mass is 19.3. The van der Waals surface area contributed by atoms with Crippen molar-refractivity contribution in [2.75, 3.05) is 13.1 Å². The summed E-state index contributed by atoms with van der Waals surface area (Å²) in [5, 5.41) is 10.7. The summed E-state index contributed by atoms with van der Waals surface area (Å²) in [4.78, 5) is 23.6. The molecular formula is C11H16F4N2O3. The van der Waals surface area contributed by atoms with Gasteiger partial charge in [-0.2, -0.15) is 8.78 Å². The first-order valence-corrected chi connectivity index (χ1v) is 6.08. The van der Waals surface area contributed by atoms with Gasteiger partial charge in [0.2, 0.25) is 0 Å². The maximum absolute atomic E-state index is 12.7. The Morgan fingerprint density at radius 3 is 2.55 bits per heavy atom. The van der Waals surface area contributed by atoms with Gasteiger partial charge in [-0.25, -0.2) is 18.4 Å². The predicted octanol–water partition coefficient (Wildman–Crippen LogP) is 1.78. The molecule has 1 aliphatic rings. The molecule has 2 unspecified atom stereocenters. The number of carbonyl (C=O) groups is 2. The van der Waals surface area contributed by atoms with E-state index in [0.717, 1.165) is 4.90 Å². The van der Waals surface area contributed by atoms with Crippen molar-refractivity contribution in [1.82, 2.24) is 10.2 Å². The van der Waals surface area contributed by atoms with Crippen molar-refractivity contribution < 1.29 is 32.3 Å². The highest BCUT2D eigenvalue weighted by molar-refractivity contribution is 5.82. The summed E-state index contributed by atoms with van der Waals surface area (Å²) in [5.74, 6) is -5.49. The number of amides is 2. The minimum absolute atomic E-state index is 0.0858. The Morgan fingerprint density at radius 1 is 1.45 bits per heavy atom. The first kappa shape index (κ1) is 16.5. The van der Waals surface area contributed by atoms with Crippen LogP contribution in [0.1, 0.15) is 19.8 Å². The maximum atomic E-state index is 12.7. The molecule has 0 aromatic carbocycles. The number of likely N-dealkylation sites (tertiary alicyclic amines) is 1. The number of carboxylic acids is 1. The van der Waals surface area contributed by atoms with E-state index in [1.54, 1.807) is 5.32 Å². The van der Waals surface area contributed by atoms with E-state index >= 15 is 0 Å². The average Bonchev–Trinajstić information content (AvgIpc) is 2.35. The molecule has 0 saturated carbocycles. The van der Waals surface area contributed by atoms with Crippen LogP contribution in [-0.4, -0.2) is 53.5 Å². The molecule has 1 fully saturated rings. The van der Waals surface area contributed by atoms with E-state index in [2.05, 4.69) is 0 Å². The van der Waals surface area contributed by atoms with Crippen LogP contribution in [0.5, 0.6) is 0 Å². The lowest BCUT2D eigenvalue weighted by atomic mass is 9.93. The summed E-state index contributed by atoms with van der Waals surface area (Å²) in [7, 11) is 0. The zero-order valence-electron chi connectivity index (χ0n) is 10.8. The van der Waals surface area contributed by atoms with Gasteiger partial charge >= 0.3 is 24.3 Å². The molecule has 1 rings (SSSR count). The summed E-state index contributed by atoms with van der Waals surface area (Å²) in [6, 6.07) is -2.19. The monoisotopic (exact) mass is 300 g/mol. The Balaban J connectivity index is 2.64. The van der Waals surface area contributed by atoms with E-state index in [1.165, 1.54) is 0 Å². The van der Waals surface area contributed by atoms with Crippen LogP contribution < -0.4 is 5.32 Å². The number of hydrogen-bond donors (Lipinski definition) is 2. The number of carboxylic acid groups (broad SMARTS) is 1. The molecule has 2 atom stereocenters. The van der Waals surface area contributed by atoms with E-state index in [4.69, 9.17) is 5.11 Å². The lowest BCUT2D eigenvalue weighted by molar-refractivity contribution is -0.144. The molecule has 0 aromatic heterocycles. The lowest BCUT2D eigenvalue weighted by Crippen LogP contribution is -2.55. The fourth-order valence-corrected chi connectivity index (χ4v) is 1.99. The van der Waals surface area contributed by atoms with Gasteiger partial charge in [-0.3, -0.25) is 0 Å². The van der Waals surface area contributed by atoms with Gasteiger partial charge in [0.25, 0.3) is 0 Å². The second kappa shape index (κ2) is 6.27. The summed E-state index contributed by atoms with van der Waals surface area (Å²) < 4.78 is 49.3. The smallest absolute Gasteiger partial charge is 0.326 e. The first-order valence-electron chi connectivity index (χ1n) is 6.08. The molecule has 5 nitrogen and oxygen atoms in total. The summed E-state index contributed by atoms with van der Waals surface area (Å²) in [6.07, 6.45) is -3.16. The standard InChI is InChI=1S/C11H16F4N2O3/c1-6-2-3-17(7(4-6)8(18)19)10(20)16-5-11(14,15)9(12)13/h6-7,9H,2-5H2,1H3,(H,16,20)(H,18,19). The highest BCUT2D eigenvalue weighted by Crippen LogP contribution is 2.24. The number of nitrogens with one attached hydrogen (secondary N) is 1. The van der Waals surface area contributed by atoms with Crippen molar-refractivity contribution >= 4 is 12.0 Å². The van der Waals surface area contributed by atoms with Crippen molar-refractivity contribution in [3.8, 4) is 0 Å². The minimum atomic E-state index is -4.34. The Bertz CT molecular complexity index is 379. The minimum Gasteiger partial charge on any atom is -0.480 e. The average molecular weight is 300 g/mol. The van der Waals surface area contributed by atoms with Crippen LogP contribution in [0.4, 0.5) is 22.4 Å². The first-order chi connectivity index (χ1) is 9.15. The Kier molecular flexibility index (Phi) is 5.18. The number of piperidine rings is 1. The Labute approximate surface area is 112 Å². The fourth-order valence-electron chi connectivity index (χ4n) is 1.99. The number of urea groups is 1. The van der Waals surface area contributed by atoms with Crippen LogP contribution in [0.3, 0.4) is 0 Å². The second-order valence-corrected chi connectivity index (χ2v) is 4.90. The number of alkyl halides is 4. The predicted molar refractivity (Wildman–Crippen MR) is 60.9 cm³/mol. The third kappa shape index (κ3) is 3.97. The molecule has 0 spiro atoms. The SMILES string of the molecule is CC1CCN(C(=O)NCC(F)(F)C(F)F)C(C(=O)O)C1. The Morgan fingerprint density at radius 2 is 2.05 bits per heavy atom. The van der Waals surface area contributed by atoms with Crippen LogP contribution >= 0.6 is 0 Å². The number of aliphatic carboxylic acids is 1. The third-order valence-electron chi connectivity index (χ3n) is 3.21. The maximum Gasteiger partial charge on any atom is 0.326 e. The molecular weight excluding hydrogens is 284 g/mol. The summed E-state index contributed by atoms with van der Waals surface area (Å²) in [6.45, 7) is 0.377. The van der Waals surface area contributed by atoms with Crippen molar-refractivity contribution in [2.24, 2.45) is 5.92 Å². The molecule has 1 saturated heterocycles. The van der Waals surface area contributed by atoms with Crippen LogP contribution in [0.25, 0.3) is 0 Å². The molecule has 116 valence electrons. The largest absolute Gasteiger partial charge is 0.480 e. The van der Waals surface area contributed by atoms with Gasteiger partial charge in [-0.05, 0) is 18.8 Å². The van der Waals surface area contributed by atoms with Crippen molar-refractivity contribution in [1.29, 1.82) is 0 Å². The molecule has 0 radical (unpaired) electrons. The normalized spacial score (nSPS) is 23.8. The third-order valence-corrected chi connectivity index (χ3v) is 3.21. The van der Waals surface area contributed by atoms with Gasteiger partial charge in [0.05, 0.1) is 6.54 Å². The number of halogens is 4. The lowest BCUT2D eigenvalue weighted by Gasteiger charge is -2.36. The van der Waals surface area contributed by atoms with Crippen molar-refractivity contribution in [3.05, 3.63) is 0 Å². The zero-order valence-corrected chi connectivity index (χ0v) is 10.8. The van der Waals surface area contributed by atoms with Gasteiger partial charge in [0.15, 0.2) is 0 Å². The van der Waals surface area contributed by atoms with Gasteiger partial charge in [-0.15, -0.1) is 0 Å². The van der Waals surface area contributed by atoms with E-state index in [0.29, 0.717) is 6.42 Å². The zero-order chi connectivity index (χ0) is 15.5. The molecule has 1 heterocycles. The number of carbonyl (C=O) groups excluding carboxylic acids is 1. The summed E-state index contributed by atoms with van der Waals surface area (Å²) >= 11 is 0. The molecule has 1 aliphatic heterocycles. The van der Waals surface area contributed by atoms with Crippen LogP contribution in [-0.2, 0) is 4.79 Å². The summed E-state index contributed by atoms with van der Waals surface area (Å²) in [5.41, 5.74) is 0. The van der Waals surface area contributed by atoms with Gasteiger partial charge in [0, 0.05) is 6.54 Å². The van der Waals surface area contributed by atoms with Crippen LogP contribution in [0.2, 0.25) is 0 Å². The molecule has 0 aliphatic carbocycles. The fraction of sp³-hybridized carbons (Fsp3) is 0.818. The molecule has 9 heteroatoms. The van der Waals surface area contributed by atoms with Crippen LogP contribution in [0, 0.1) is 5.92 Å². The van der Waals surface area contributed by atoms with Crippen molar-refractivity contribution in [3.63, 3.8) is 0 Å². The molecule has 20 heavy (non-hydrogen) atoms. The number of rotatable bonds is 4. The van der Waals surface area contributed by atoms with E-state index in [9.17, 15) is 27.2 Å². The molecule has 2 N–H and O–H groups in total. The van der Waals surface area contributed by atoms with E-state index < -0.39 is 36.9 Å². The second-order valence-electron chi connectivity index (χ2n) is 4.90. The quantitative estimate of drug-likeness (QED) is 0.778. The topological polar surface area (TPSA) is 69.6 Å². The van der Waals surface area contributed by atoms with Gasteiger partial charge < -0.3 is 15.3 Å². The van der Waals surface area contributed by atoms with Gasteiger partial charge in [-0.1, -0.05) is 6.92 Å². The van der Waals surface area contributed by atoms with Gasteiger partial charge in [0.1, 0.15) is 6.04 Å². The molecule has 0 bridgehead atoms. The Hall–Kier alpha value is -1.54. The van der Waals surface area contributed by atoms with Crippen LogP contribution in [0.15, 0.2) is 0 Å². The van der Waals surface area contributed by atoms with E-state index in [1.807, 2.05) is 6.92 Å². The molecule has 0 aromatic rings. The number of nitrogens with zero attached hydrogens (tertiary/aromatic N) is 1. The van der Waals surface area contributed by atoms with Crippen molar-refractivity contribution in [2.45, 2.75) is 38.2 Å². The van der Waals surface area contributed by atoms with E-state index in [-0.39, 0.29) is 18.9 Å². The molecule has 2 amide bonds.